The van der Waals surface area contributed by atoms with E-state index in [-0.39, 0.29) is 11.9 Å². The molecule has 0 aliphatic carbocycles. The summed E-state index contributed by atoms with van der Waals surface area (Å²) in [6, 6.07) is 10.9. The lowest BCUT2D eigenvalue weighted by atomic mass is 10.1. The van der Waals surface area contributed by atoms with Gasteiger partial charge < -0.3 is 9.32 Å². The first kappa shape index (κ1) is 18.6. The van der Waals surface area contributed by atoms with Gasteiger partial charge >= 0.3 is 0 Å². The summed E-state index contributed by atoms with van der Waals surface area (Å²) < 4.78 is 21.4. The number of furan rings is 1. The number of hydrogen-bond donors (Lipinski definition) is 0. The van der Waals surface area contributed by atoms with Crippen LogP contribution in [0.5, 0.6) is 0 Å². The number of benzene rings is 1. The Bertz CT molecular complexity index is 872. The molecule has 0 amide bonds. The van der Waals surface area contributed by atoms with E-state index in [2.05, 4.69) is 32.2 Å². The van der Waals surface area contributed by atoms with Crippen LogP contribution in [0.4, 0.5) is 10.1 Å². The number of piperazine rings is 1. The third-order valence-electron chi connectivity index (χ3n) is 5.25. The van der Waals surface area contributed by atoms with Crippen LogP contribution >= 0.6 is 0 Å². The maximum Gasteiger partial charge on any atom is 0.168 e. The number of rotatable bonds is 7. The summed E-state index contributed by atoms with van der Waals surface area (Å²) in [5, 5.41) is 12.4. The molecule has 3 aromatic rings. The number of anilines is 1. The van der Waals surface area contributed by atoms with E-state index in [9.17, 15) is 4.39 Å². The van der Waals surface area contributed by atoms with E-state index in [1.807, 2.05) is 28.9 Å². The molecule has 0 radical (unpaired) electrons. The summed E-state index contributed by atoms with van der Waals surface area (Å²) in [4.78, 5) is 4.52. The van der Waals surface area contributed by atoms with E-state index >= 15 is 0 Å². The summed E-state index contributed by atoms with van der Waals surface area (Å²) in [6.07, 6.45) is 3.66. The van der Waals surface area contributed by atoms with E-state index in [1.165, 1.54) is 6.07 Å². The van der Waals surface area contributed by atoms with Gasteiger partial charge in [-0.2, -0.15) is 0 Å². The molecule has 0 saturated carbocycles. The fourth-order valence-electron chi connectivity index (χ4n) is 3.84. The fourth-order valence-corrected chi connectivity index (χ4v) is 3.84. The lowest BCUT2D eigenvalue weighted by Gasteiger charge is -2.39. The molecule has 1 fully saturated rings. The molecule has 3 heterocycles. The van der Waals surface area contributed by atoms with Gasteiger partial charge in [-0.15, -0.1) is 5.10 Å². The van der Waals surface area contributed by atoms with E-state index in [4.69, 9.17) is 4.42 Å². The van der Waals surface area contributed by atoms with Crippen molar-refractivity contribution in [1.29, 1.82) is 0 Å². The van der Waals surface area contributed by atoms with Crippen molar-refractivity contribution in [2.75, 3.05) is 31.1 Å². The van der Waals surface area contributed by atoms with E-state index in [1.54, 1.807) is 12.3 Å². The Morgan fingerprint density at radius 3 is 2.64 bits per heavy atom. The van der Waals surface area contributed by atoms with Gasteiger partial charge in [-0.25, -0.2) is 9.07 Å². The zero-order valence-corrected chi connectivity index (χ0v) is 16.0. The van der Waals surface area contributed by atoms with Gasteiger partial charge in [0.1, 0.15) is 18.1 Å². The predicted octanol–water partition coefficient (Wildman–Crippen LogP) is 3.12. The molecule has 4 rings (SSSR count). The number of para-hydroxylation sites is 1. The topological polar surface area (TPSA) is 63.2 Å². The molecule has 0 unspecified atom stereocenters. The third-order valence-corrected chi connectivity index (χ3v) is 5.25. The maximum atomic E-state index is 14.1. The maximum absolute atomic E-state index is 14.1. The molecule has 0 spiro atoms. The lowest BCUT2D eigenvalue weighted by Crippen LogP contribution is -2.48. The first-order chi connectivity index (χ1) is 13.8. The summed E-state index contributed by atoms with van der Waals surface area (Å²) >= 11 is 0. The highest BCUT2D eigenvalue weighted by Crippen LogP contribution is 2.27. The molecule has 2 aromatic heterocycles. The van der Waals surface area contributed by atoms with Crippen LogP contribution in [0.25, 0.3) is 0 Å². The second-order valence-electron chi connectivity index (χ2n) is 7.05. The SMILES string of the molecule is CCC[C@H](c1nnnn1Cc1ccco1)N1CCN(c2ccccc2F)CC1. The van der Waals surface area contributed by atoms with Gasteiger partial charge in [0.2, 0.25) is 0 Å². The van der Waals surface area contributed by atoms with E-state index in [0.29, 0.717) is 12.2 Å². The number of halogens is 1. The number of nitrogens with zero attached hydrogens (tertiary/aromatic N) is 6. The average Bonchev–Trinajstić information content (AvgIpc) is 3.39. The number of tetrazole rings is 1. The number of aromatic nitrogens is 4. The normalized spacial score (nSPS) is 16.4. The van der Waals surface area contributed by atoms with E-state index < -0.39 is 0 Å². The van der Waals surface area contributed by atoms with Crippen molar-refractivity contribution in [3.05, 3.63) is 60.1 Å². The zero-order valence-electron chi connectivity index (χ0n) is 16.0. The van der Waals surface area contributed by atoms with Crippen molar-refractivity contribution in [3.8, 4) is 0 Å². The molecule has 1 aliphatic heterocycles. The highest BCUT2D eigenvalue weighted by Gasteiger charge is 2.29. The van der Waals surface area contributed by atoms with Crippen LogP contribution < -0.4 is 4.90 Å². The summed E-state index contributed by atoms with van der Waals surface area (Å²) in [6.45, 7) is 5.93. The van der Waals surface area contributed by atoms with Gasteiger partial charge in [-0.3, -0.25) is 4.90 Å². The van der Waals surface area contributed by atoms with Crippen molar-refractivity contribution in [2.24, 2.45) is 0 Å². The summed E-state index contributed by atoms with van der Waals surface area (Å²) in [5.74, 6) is 1.52. The molecular weight excluding hydrogens is 359 g/mol. The van der Waals surface area contributed by atoms with Gasteiger partial charge in [-0.05, 0) is 41.1 Å². The smallest absolute Gasteiger partial charge is 0.168 e. The van der Waals surface area contributed by atoms with Gasteiger partial charge in [-0.1, -0.05) is 25.5 Å². The Morgan fingerprint density at radius 1 is 1.11 bits per heavy atom. The van der Waals surface area contributed by atoms with Crippen LogP contribution in [0.15, 0.2) is 47.1 Å². The van der Waals surface area contributed by atoms with Crippen LogP contribution in [0.1, 0.15) is 37.4 Å². The quantitative estimate of drug-likeness (QED) is 0.624. The second kappa shape index (κ2) is 8.52. The van der Waals surface area contributed by atoms with Crippen molar-refractivity contribution in [3.63, 3.8) is 0 Å². The fraction of sp³-hybridized carbons (Fsp3) is 0.450. The molecular formula is C20H25FN6O. The van der Waals surface area contributed by atoms with Crippen molar-refractivity contribution < 1.29 is 8.81 Å². The first-order valence-electron chi connectivity index (χ1n) is 9.78. The van der Waals surface area contributed by atoms with Crippen molar-refractivity contribution in [1.82, 2.24) is 25.1 Å². The lowest BCUT2D eigenvalue weighted by molar-refractivity contribution is 0.164. The van der Waals surface area contributed by atoms with Crippen LogP contribution in [-0.4, -0.2) is 51.3 Å². The Hall–Kier alpha value is -2.74. The molecule has 0 N–H and O–H groups in total. The molecule has 8 heteroatoms. The Balaban J connectivity index is 1.48. The minimum Gasteiger partial charge on any atom is -0.467 e. The predicted molar refractivity (Wildman–Crippen MR) is 103 cm³/mol. The molecule has 28 heavy (non-hydrogen) atoms. The third kappa shape index (κ3) is 3.91. The van der Waals surface area contributed by atoms with Gasteiger partial charge in [0.25, 0.3) is 0 Å². The second-order valence-corrected chi connectivity index (χ2v) is 7.05. The van der Waals surface area contributed by atoms with Crippen molar-refractivity contribution in [2.45, 2.75) is 32.4 Å². The molecule has 0 bridgehead atoms. The minimum atomic E-state index is -0.163. The molecule has 1 aromatic carbocycles. The summed E-state index contributed by atoms with van der Waals surface area (Å²) in [7, 11) is 0. The van der Waals surface area contributed by atoms with Gasteiger partial charge in [0, 0.05) is 26.2 Å². The Labute approximate surface area is 163 Å². The highest BCUT2D eigenvalue weighted by atomic mass is 19.1. The van der Waals surface area contributed by atoms with Gasteiger partial charge in [0.05, 0.1) is 18.0 Å². The molecule has 1 atom stereocenters. The molecule has 148 valence electrons. The monoisotopic (exact) mass is 384 g/mol. The van der Waals surface area contributed by atoms with Gasteiger partial charge in [0.15, 0.2) is 5.82 Å². The minimum absolute atomic E-state index is 0.137. The zero-order chi connectivity index (χ0) is 19.3. The molecule has 1 saturated heterocycles. The van der Waals surface area contributed by atoms with E-state index in [0.717, 1.165) is 50.6 Å². The largest absolute Gasteiger partial charge is 0.467 e. The van der Waals surface area contributed by atoms with Crippen LogP contribution in [0, 0.1) is 5.82 Å². The average molecular weight is 384 g/mol. The van der Waals surface area contributed by atoms with Crippen LogP contribution in [0.2, 0.25) is 0 Å². The molecule has 1 aliphatic rings. The number of hydrogen-bond acceptors (Lipinski definition) is 6. The Morgan fingerprint density at radius 2 is 1.93 bits per heavy atom. The van der Waals surface area contributed by atoms with Crippen molar-refractivity contribution >= 4 is 5.69 Å². The van der Waals surface area contributed by atoms with Crippen LogP contribution in [-0.2, 0) is 6.54 Å². The Kier molecular flexibility index (Phi) is 5.66. The standard InChI is InChI=1S/C20H25FN6O/c1-2-6-19(20-22-23-24-27(20)15-16-7-5-14-28-16)26-12-10-25(11-13-26)18-9-4-3-8-17(18)21/h3-5,7-9,14,19H,2,6,10-13,15H2,1H3/t19-/m1/s1. The summed E-state index contributed by atoms with van der Waals surface area (Å²) in [5.41, 5.74) is 0.678. The molecule has 7 nitrogen and oxygen atoms in total. The first-order valence-corrected chi connectivity index (χ1v) is 9.78. The van der Waals surface area contributed by atoms with Crippen LogP contribution in [0.3, 0.4) is 0 Å². The highest BCUT2D eigenvalue weighted by molar-refractivity contribution is 5.48.